The van der Waals surface area contributed by atoms with Gasteiger partial charge in [0, 0.05) is 25.6 Å². The minimum absolute atomic E-state index is 0.168. The zero-order valence-corrected chi connectivity index (χ0v) is 12.9. The topological polar surface area (TPSA) is 61.4 Å². The molecule has 1 unspecified atom stereocenters. The van der Waals surface area contributed by atoms with Gasteiger partial charge in [0.05, 0.1) is 6.10 Å². The molecular formula is C17H26N2O2. The predicted octanol–water partition coefficient (Wildman–Crippen LogP) is 1.96. The summed E-state index contributed by atoms with van der Waals surface area (Å²) in [5.74, 6) is 0.932. The predicted molar refractivity (Wildman–Crippen MR) is 84.1 cm³/mol. The third-order valence-corrected chi connectivity index (χ3v) is 3.87. The molecule has 0 radical (unpaired) electrons. The summed E-state index contributed by atoms with van der Waals surface area (Å²) in [6.07, 6.45) is 1.56. The standard InChI is InChI=1S/C17H26N2O2/c1-12(2)13-3-5-14(6-4-13)16(20)11-18-9-10-19-17(21)15-7-8-15/h3-6,12,15-16,18,20H,7-11H2,1-2H3,(H,19,21). The van der Waals surface area contributed by atoms with Crippen molar-refractivity contribution < 1.29 is 9.90 Å². The molecule has 1 saturated carbocycles. The van der Waals surface area contributed by atoms with Gasteiger partial charge in [0.25, 0.3) is 0 Å². The van der Waals surface area contributed by atoms with Gasteiger partial charge < -0.3 is 15.7 Å². The maximum absolute atomic E-state index is 11.4. The molecule has 1 aliphatic carbocycles. The number of hydrogen-bond acceptors (Lipinski definition) is 3. The van der Waals surface area contributed by atoms with Gasteiger partial charge in [-0.1, -0.05) is 38.1 Å². The van der Waals surface area contributed by atoms with E-state index in [9.17, 15) is 9.90 Å². The second-order valence-electron chi connectivity index (χ2n) is 6.11. The van der Waals surface area contributed by atoms with Crippen LogP contribution < -0.4 is 10.6 Å². The molecule has 0 bridgehead atoms. The van der Waals surface area contributed by atoms with E-state index in [4.69, 9.17) is 0 Å². The van der Waals surface area contributed by atoms with Gasteiger partial charge in [-0.2, -0.15) is 0 Å². The van der Waals surface area contributed by atoms with E-state index in [0.29, 0.717) is 25.6 Å². The second-order valence-corrected chi connectivity index (χ2v) is 6.11. The van der Waals surface area contributed by atoms with Crippen LogP contribution in [-0.4, -0.2) is 30.6 Å². The Balaban J connectivity index is 1.64. The Hall–Kier alpha value is -1.39. The smallest absolute Gasteiger partial charge is 0.223 e. The molecule has 1 atom stereocenters. The highest BCUT2D eigenvalue weighted by Crippen LogP contribution is 2.28. The first-order valence-electron chi connectivity index (χ1n) is 7.84. The van der Waals surface area contributed by atoms with E-state index >= 15 is 0 Å². The third kappa shape index (κ3) is 5.14. The Morgan fingerprint density at radius 1 is 1.19 bits per heavy atom. The van der Waals surface area contributed by atoms with Gasteiger partial charge in [-0.25, -0.2) is 0 Å². The fraction of sp³-hybridized carbons (Fsp3) is 0.588. The molecule has 0 aromatic heterocycles. The van der Waals surface area contributed by atoms with Crippen LogP contribution in [0.5, 0.6) is 0 Å². The van der Waals surface area contributed by atoms with Crippen molar-refractivity contribution in [3.05, 3.63) is 35.4 Å². The molecule has 0 aliphatic heterocycles. The van der Waals surface area contributed by atoms with Crippen molar-refractivity contribution in [3.8, 4) is 0 Å². The monoisotopic (exact) mass is 290 g/mol. The number of benzene rings is 1. The number of nitrogens with one attached hydrogen (secondary N) is 2. The van der Waals surface area contributed by atoms with Crippen molar-refractivity contribution in [2.24, 2.45) is 5.92 Å². The lowest BCUT2D eigenvalue weighted by atomic mass is 10.00. The van der Waals surface area contributed by atoms with Crippen LogP contribution in [0.15, 0.2) is 24.3 Å². The van der Waals surface area contributed by atoms with Crippen LogP contribution in [0.3, 0.4) is 0 Å². The molecule has 4 heteroatoms. The van der Waals surface area contributed by atoms with E-state index in [-0.39, 0.29) is 11.8 Å². The molecule has 116 valence electrons. The fourth-order valence-electron chi connectivity index (χ4n) is 2.22. The van der Waals surface area contributed by atoms with Gasteiger partial charge >= 0.3 is 0 Å². The Labute approximate surface area is 126 Å². The van der Waals surface area contributed by atoms with Crippen molar-refractivity contribution in [2.45, 2.75) is 38.7 Å². The van der Waals surface area contributed by atoms with Gasteiger partial charge in [-0.15, -0.1) is 0 Å². The van der Waals surface area contributed by atoms with E-state index in [2.05, 4.69) is 36.6 Å². The molecule has 1 aromatic rings. The van der Waals surface area contributed by atoms with E-state index in [1.54, 1.807) is 0 Å². The van der Waals surface area contributed by atoms with Crippen LogP contribution in [0.25, 0.3) is 0 Å². The van der Waals surface area contributed by atoms with E-state index < -0.39 is 6.10 Å². The third-order valence-electron chi connectivity index (χ3n) is 3.87. The Morgan fingerprint density at radius 3 is 2.38 bits per heavy atom. The van der Waals surface area contributed by atoms with Gasteiger partial charge in [0.15, 0.2) is 0 Å². The minimum atomic E-state index is -0.509. The van der Waals surface area contributed by atoms with Crippen LogP contribution in [-0.2, 0) is 4.79 Å². The van der Waals surface area contributed by atoms with E-state index in [1.807, 2.05) is 12.1 Å². The van der Waals surface area contributed by atoms with Crippen molar-refractivity contribution in [1.29, 1.82) is 0 Å². The largest absolute Gasteiger partial charge is 0.387 e. The van der Waals surface area contributed by atoms with E-state index in [1.165, 1.54) is 5.56 Å². The zero-order chi connectivity index (χ0) is 15.2. The van der Waals surface area contributed by atoms with Gasteiger partial charge in [-0.05, 0) is 29.9 Å². The Morgan fingerprint density at radius 2 is 1.81 bits per heavy atom. The van der Waals surface area contributed by atoms with E-state index in [0.717, 1.165) is 18.4 Å². The van der Waals surface area contributed by atoms with Crippen LogP contribution in [0.1, 0.15) is 49.8 Å². The lowest BCUT2D eigenvalue weighted by Crippen LogP contribution is -2.34. The molecule has 1 fully saturated rings. The average molecular weight is 290 g/mol. The molecule has 1 aromatic carbocycles. The molecule has 0 saturated heterocycles. The van der Waals surface area contributed by atoms with Crippen LogP contribution in [0, 0.1) is 5.92 Å². The summed E-state index contributed by atoms with van der Waals surface area (Å²) in [4.78, 5) is 11.4. The average Bonchev–Trinajstić information content (AvgIpc) is 3.31. The van der Waals surface area contributed by atoms with Crippen molar-refractivity contribution in [1.82, 2.24) is 10.6 Å². The second kappa shape index (κ2) is 7.57. The molecule has 1 aliphatic rings. The summed E-state index contributed by atoms with van der Waals surface area (Å²) >= 11 is 0. The summed E-state index contributed by atoms with van der Waals surface area (Å²) < 4.78 is 0. The Kier molecular flexibility index (Phi) is 5.76. The molecule has 2 rings (SSSR count). The Bertz CT molecular complexity index is 452. The van der Waals surface area contributed by atoms with Crippen LogP contribution >= 0.6 is 0 Å². The number of amides is 1. The summed E-state index contributed by atoms with van der Waals surface area (Å²) in [6.45, 7) is 6.11. The highest BCUT2D eigenvalue weighted by atomic mass is 16.3. The number of carbonyl (C=O) groups is 1. The molecule has 3 N–H and O–H groups in total. The molecule has 21 heavy (non-hydrogen) atoms. The first-order chi connectivity index (χ1) is 10.1. The van der Waals surface area contributed by atoms with Crippen LogP contribution in [0.2, 0.25) is 0 Å². The lowest BCUT2D eigenvalue weighted by molar-refractivity contribution is -0.122. The van der Waals surface area contributed by atoms with Crippen molar-refractivity contribution in [2.75, 3.05) is 19.6 Å². The first-order valence-corrected chi connectivity index (χ1v) is 7.84. The molecule has 4 nitrogen and oxygen atoms in total. The normalized spacial score (nSPS) is 16.0. The zero-order valence-electron chi connectivity index (χ0n) is 12.9. The minimum Gasteiger partial charge on any atom is -0.387 e. The highest BCUT2D eigenvalue weighted by molar-refractivity contribution is 5.80. The molecule has 0 heterocycles. The fourth-order valence-corrected chi connectivity index (χ4v) is 2.22. The number of rotatable bonds is 8. The van der Waals surface area contributed by atoms with Gasteiger partial charge in [-0.3, -0.25) is 4.79 Å². The van der Waals surface area contributed by atoms with Gasteiger partial charge in [0.1, 0.15) is 0 Å². The first kappa shape index (κ1) is 16.0. The summed E-state index contributed by atoms with van der Waals surface area (Å²) in [6, 6.07) is 8.10. The lowest BCUT2D eigenvalue weighted by Gasteiger charge is -2.14. The number of aliphatic hydroxyl groups is 1. The maximum Gasteiger partial charge on any atom is 0.223 e. The molecular weight excluding hydrogens is 264 g/mol. The summed E-state index contributed by atoms with van der Waals surface area (Å²) in [5.41, 5.74) is 2.20. The van der Waals surface area contributed by atoms with Gasteiger partial charge in [0.2, 0.25) is 5.91 Å². The number of aliphatic hydroxyl groups excluding tert-OH is 1. The maximum atomic E-state index is 11.4. The summed E-state index contributed by atoms with van der Waals surface area (Å²) in [7, 11) is 0. The molecule has 1 amide bonds. The van der Waals surface area contributed by atoms with Crippen LogP contribution in [0.4, 0.5) is 0 Å². The summed E-state index contributed by atoms with van der Waals surface area (Å²) in [5, 5.41) is 16.2. The number of carbonyl (C=O) groups excluding carboxylic acids is 1. The SMILES string of the molecule is CC(C)c1ccc(C(O)CNCCNC(=O)C2CC2)cc1. The molecule has 0 spiro atoms. The van der Waals surface area contributed by atoms with Crippen molar-refractivity contribution >= 4 is 5.91 Å². The quantitative estimate of drug-likeness (QED) is 0.641. The number of hydrogen-bond donors (Lipinski definition) is 3. The highest BCUT2D eigenvalue weighted by Gasteiger charge is 2.28. The van der Waals surface area contributed by atoms with Crippen molar-refractivity contribution in [3.63, 3.8) is 0 Å².